The highest BCUT2D eigenvalue weighted by molar-refractivity contribution is 8.00. The maximum absolute atomic E-state index is 3.79. The van der Waals surface area contributed by atoms with Crippen LogP contribution in [0.25, 0.3) is 0 Å². The molecule has 0 bridgehead atoms. The second-order valence-electron chi connectivity index (χ2n) is 5.04. The first-order valence-corrected chi connectivity index (χ1v) is 7.69. The predicted molar refractivity (Wildman–Crippen MR) is 74.5 cm³/mol. The van der Waals surface area contributed by atoms with Crippen LogP contribution in [-0.2, 0) is 0 Å². The summed E-state index contributed by atoms with van der Waals surface area (Å²) in [5.41, 5.74) is 1.43. The number of benzene rings is 1. The summed E-state index contributed by atoms with van der Waals surface area (Å²) < 4.78 is 0. The Morgan fingerprint density at radius 3 is 2.65 bits per heavy atom. The molecule has 2 nitrogen and oxygen atoms in total. The minimum absolute atomic E-state index is 0.537. The van der Waals surface area contributed by atoms with Crippen molar-refractivity contribution in [3.05, 3.63) is 35.9 Å². The van der Waals surface area contributed by atoms with Crippen LogP contribution in [0.5, 0.6) is 0 Å². The van der Waals surface area contributed by atoms with Gasteiger partial charge in [0.15, 0.2) is 0 Å². The number of hydrogen-bond acceptors (Lipinski definition) is 3. The van der Waals surface area contributed by atoms with E-state index in [4.69, 9.17) is 0 Å². The molecule has 2 heterocycles. The van der Waals surface area contributed by atoms with Crippen molar-refractivity contribution in [2.45, 2.75) is 31.0 Å². The number of rotatable bonds is 3. The summed E-state index contributed by atoms with van der Waals surface area (Å²) in [6.07, 6.45) is 2.50. The lowest BCUT2D eigenvalue weighted by molar-refractivity contribution is 0.308. The molecule has 1 aromatic rings. The molecule has 0 saturated carbocycles. The fourth-order valence-corrected chi connectivity index (χ4v) is 3.34. The van der Waals surface area contributed by atoms with Crippen molar-refractivity contribution in [3.63, 3.8) is 0 Å². The Morgan fingerprint density at radius 2 is 1.94 bits per heavy atom. The largest absolute Gasteiger partial charge is 0.310 e. The van der Waals surface area contributed by atoms with Crippen LogP contribution in [0.15, 0.2) is 30.3 Å². The molecule has 3 heteroatoms. The molecule has 17 heavy (non-hydrogen) atoms. The first kappa shape index (κ1) is 11.6. The van der Waals surface area contributed by atoms with Gasteiger partial charge in [-0.15, -0.1) is 0 Å². The maximum Gasteiger partial charge on any atom is 0.0335 e. The van der Waals surface area contributed by atoms with Crippen LogP contribution in [0.3, 0.4) is 0 Å². The van der Waals surface area contributed by atoms with Gasteiger partial charge in [-0.1, -0.05) is 30.3 Å². The topological polar surface area (TPSA) is 24.1 Å². The molecule has 2 aliphatic rings. The van der Waals surface area contributed by atoms with Crippen molar-refractivity contribution < 1.29 is 0 Å². The molecule has 0 spiro atoms. The summed E-state index contributed by atoms with van der Waals surface area (Å²) >= 11 is 2.05. The van der Waals surface area contributed by atoms with Crippen molar-refractivity contribution >= 4 is 11.8 Å². The molecular formula is C14H20N2S. The third kappa shape index (κ3) is 2.84. The van der Waals surface area contributed by atoms with Gasteiger partial charge in [-0.2, -0.15) is 11.8 Å². The van der Waals surface area contributed by atoms with Gasteiger partial charge in [-0.25, -0.2) is 0 Å². The van der Waals surface area contributed by atoms with Crippen LogP contribution in [0.2, 0.25) is 0 Å². The van der Waals surface area contributed by atoms with Crippen LogP contribution in [0, 0.1) is 0 Å². The van der Waals surface area contributed by atoms with Crippen molar-refractivity contribution in [3.8, 4) is 0 Å². The van der Waals surface area contributed by atoms with Gasteiger partial charge >= 0.3 is 0 Å². The lowest BCUT2D eigenvalue weighted by Gasteiger charge is -2.36. The normalized spacial score (nSPS) is 29.9. The first-order valence-electron chi connectivity index (χ1n) is 6.54. The van der Waals surface area contributed by atoms with Gasteiger partial charge < -0.3 is 10.6 Å². The minimum atomic E-state index is 0.537. The molecule has 0 amide bonds. The smallest absolute Gasteiger partial charge is 0.0335 e. The van der Waals surface area contributed by atoms with Crippen LogP contribution in [0.4, 0.5) is 0 Å². The standard InChI is InChI=1S/C14H20N2S/c1-2-4-11(5-3-1)14-8-12(6-7-15-14)16-13-9-17-10-13/h1-5,12-16H,6-10H2/t12-,14+/m1/s1. The van der Waals surface area contributed by atoms with Gasteiger partial charge in [0.25, 0.3) is 0 Å². The highest BCUT2D eigenvalue weighted by Crippen LogP contribution is 2.25. The molecule has 2 atom stereocenters. The molecule has 3 rings (SSSR count). The molecule has 0 aromatic heterocycles. The first-order chi connectivity index (χ1) is 8.42. The zero-order valence-corrected chi connectivity index (χ0v) is 10.9. The molecule has 1 aromatic carbocycles. The van der Waals surface area contributed by atoms with Gasteiger partial charge in [0, 0.05) is 29.6 Å². The molecule has 92 valence electrons. The van der Waals surface area contributed by atoms with Gasteiger partial charge in [-0.3, -0.25) is 0 Å². The number of nitrogens with one attached hydrogen (secondary N) is 2. The fraction of sp³-hybridized carbons (Fsp3) is 0.571. The van der Waals surface area contributed by atoms with E-state index in [2.05, 4.69) is 52.7 Å². The molecule has 2 N–H and O–H groups in total. The summed E-state index contributed by atoms with van der Waals surface area (Å²) in [4.78, 5) is 0. The summed E-state index contributed by atoms with van der Waals surface area (Å²) in [5.74, 6) is 2.61. The second kappa shape index (κ2) is 5.42. The Kier molecular flexibility index (Phi) is 3.69. The van der Waals surface area contributed by atoms with Crippen LogP contribution in [-0.4, -0.2) is 30.1 Å². The molecule has 2 fully saturated rings. The third-order valence-electron chi connectivity index (χ3n) is 3.72. The molecule has 2 aliphatic heterocycles. The second-order valence-corrected chi connectivity index (χ2v) is 6.11. The molecular weight excluding hydrogens is 228 g/mol. The van der Waals surface area contributed by atoms with E-state index in [1.165, 1.54) is 29.9 Å². The monoisotopic (exact) mass is 248 g/mol. The summed E-state index contributed by atoms with van der Waals surface area (Å²) in [6, 6.07) is 12.8. The van der Waals surface area contributed by atoms with E-state index in [0.717, 1.165) is 12.6 Å². The molecule has 0 radical (unpaired) electrons. The average molecular weight is 248 g/mol. The van der Waals surface area contributed by atoms with Gasteiger partial charge in [0.1, 0.15) is 0 Å². The van der Waals surface area contributed by atoms with E-state index < -0.39 is 0 Å². The number of hydrogen-bond donors (Lipinski definition) is 2. The Morgan fingerprint density at radius 1 is 1.12 bits per heavy atom. The van der Waals surface area contributed by atoms with E-state index in [0.29, 0.717) is 12.1 Å². The molecule has 2 saturated heterocycles. The van der Waals surface area contributed by atoms with E-state index in [-0.39, 0.29) is 0 Å². The van der Waals surface area contributed by atoms with Crippen molar-refractivity contribution in [1.29, 1.82) is 0 Å². The average Bonchev–Trinajstić information content (AvgIpc) is 2.35. The predicted octanol–water partition coefficient (Wildman–Crippen LogP) is 2.18. The SMILES string of the molecule is c1ccc([C@@H]2C[C@H](NC3CSC3)CCN2)cc1. The molecule has 0 aliphatic carbocycles. The van der Waals surface area contributed by atoms with Gasteiger partial charge in [0.05, 0.1) is 0 Å². The van der Waals surface area contributed by atoms with Crippen LogP contribution in [0.1, 0.15) is 24.4 Å². The zero-order valence-electron chi connectivity index (χ0n) is 10.1. The van der Waals surface area contributed by atoms with Gasteiger partial charge in [0.2, 0.25) is 0 Å². The lowest BCUT2D eigenvalue weighted by Crippen LogP contribution is -2.50. The fourth-order valence-electron chi connectivity index (χ4n) is 2.67. The zero-order chi connectivity index (χ0) is 11.5. The number of thioether (sulfide) groups is 1. The van der Waals surface area contributed by atoms with E-state index >= 15 is 0 Å². The van der Waals surface area contributed by atoms with E-state index in [1.807, 2.05) is 0 Å². The van der Waals surface area contributed by atoms with Crippen LogP contribution >= 0.6 is 11.8 Å². The minimum Gasteiger partial charge on any atom is -0.310 e. The van der Waals surface area contributed by atoms with Crippen molar-refractivity contribution in [2.24, 2.45) is 0 Å². The van der Waals surface area contributed by atoms with E-state index in [9.17, 15) is 0 Å². The highest BCUT2D eigenvalue weighted by atomic mass is 32.2. The Labute approximate surface area is 108 Å². The van der Waals surface area contributed by atoms with E-state index in [1.54, 1.807) is 0 Å². The molecule has 0 unspecified atom stereocenters. The Balaban J connectivity index is 1.59. The number of piperidine rings is 1. The lowest BCUT2D eigenvalue weighted by atomic mass is 9.93. The maximum atomic E-state index is 3.79. The highest BCUT2D eigenvalue weighted by Gasteiger charge is 2.26. The van der Waals surface area contributed by atoms with Crippen molar-refractivity contribution in [1.82, 2.24) is 10.6 Å². The summed E-state index contributed by atoms with van der Waals surface area (Å²) in [7, 11) is 0. The Hall–Kier alpha value is -0.510. The quantitative estimate of drug-likeness (QED) is 0.857. The summed E-state index contributed by atoms with van der Waals surface area (Å²) in [5, 5.41) is 7.42. The van der Waals surface area contributed by atoms with Crippen LogP contribution < -0.4 is 10.6 Å². The summed E-state index contributed by atoms with van der Waals surface area (Å²) in [6.45, 7) is 1.14. The van der Waals surface area contributed by atoms with Gasteiger partial charge in [-0.05, 0) is 24.9 Å². The Bertz CT molecular complexity index is 350. The third-order valence-corrected chi connectivity index (χ3v) is 4.99. The van der Waals surface area contributed by atoms with Crippen molar-refractivity contribution in [2.75, 3.05) is 18.1 Å².